The van der Waals surface area contributed by atoms with Crippen LogP contribution in [0, 0.1) is 0 Å². The molecular formula is C32H21BrClN3O4S2. The molecule has 2 heterocycles. The maximum atomic E-state index is 13.6. The van der Waals surface area contributed by atoms with Crippen LogP contribution in [0.15, 0.2) is 118 Å². The number of amides is 1. The van der Waals surface area contributed by atoms with Crippen molar-refractivity contribution >= 4 is 73.2 Å². The number of carbonyl (C=O) groups excluding carboxylic acids is 2. The number of thioether (sulfide) groups is 1. The summed E-state index contributed by atoms with van der Waals surface area (Å²) < 4.78 is 7.45. The second kappa shape index (κ2) is 12.7. The molecule has 1 aromatic heterocycles. The SMILES string of the molecule is O=C1C(=O)N(c2nnc(SCc3ccccc3Cl)s2)C(c2cccc(Oc3ccccc3)c2)/C1=C(/O)c1ccc(Br)cc1. The topological polar surface area (TPSA) is 92.6 Å². The van der Waals surface area contributed by atoms with Crippen LogP contribution < -0.4 is 9.64 Å². The standard InChI is InChI=1S/C32H21BrClN3O4S2/c33-22-15-13-19(14-16-22)28(38)26-27(20-8-6-11-24(17-20)41-23-9-2-1-3-10-23)37(30(40)29(26)39)31-35-36-32(43-31)42-18-21-7-4-5-12-25(21)34/h1-17,27,38H,18H2/b28-26-. The largest absolute Gasteiger partial charge is 0.507 e. The van der Waals surface area contributed by atoms with Gasteiger partial charge >= 0.3 is 5.91 Å². The number of ketones is 1. The van der Waals surface area contributed by atoms with Crippen molar-refractivity contribution in [2.45, 2.75) is 16.1 Å². The molecule has 6 rings (SSSR count). The lowest BCUT2D eigenvalue weighted by molar-refractivity contribution is -0.132. The molecule has 1 saturated heterocycles. The number of anilines is 1. The predicted molar refractivity (Wildman–Crippen MR) is 173 cm³/mol. The Morgan fingerprint density at radius 1 is 0.930 bits per heavy atom. The second-order valence-electron chi connectivity index (χ2n) is 9.39. The zero-order valence-corrected chi connectivity index (χ0v) is 26.2. The van der Waals surface area contributed by atoms with Crippen molar-refractivity contribution in [1.29, 1.82) is 0 Å². The minimum Gasteiger partial charge on any atom is -0.507 e. The first kappa shape index (κ1) is 29.1. The fraction of sp³-hybridized carbons (Fsp3) is 0.0625. The normalized spacial score (nSPS) is 16.0. The Morgan fingerprint density at radius 3 is 2.42 bits per heavy atom. The van der Waals surface area contributed by atoms with E-state index in [-0.39, 0.29) is 16.5 Å². The van der Waals surface area contributed by atoms with Crippen LogP contribution in [-0.4, -0.2) is 27.0 Å². The van der Waals surface area contributed by atoms with Crippen LogP contribution in [0.1, 0.15) is 22.7 Å². The Kier molecular flexibility index (Phi) is 8.62. The number of para-hydroxylation sites is 1. The Morgan fingerprint density at radius 2 is 1.65 bits per heavy atom. The number of nitrogens with zero attached hydrogens (tertiary/aromatic N) is 3. The van der Waals surface area contributed by atoms with E-state index in [0.717, 1.165) is 10.0 Å². The third-order valence-electron chi connectivity index (χ3n) is 6.63. The number of aliphatic hydroxyl groups excluding tert-OH is 1. The predicted octanol–water partition coefficient (Wildman–Crippen LogP) is 8.66. The molecule has 0 aliphatic carbocycles. The van der Waals surface area contributed by atoms with Gasteiger partial charge in [0.2, 0.25) is 5.13 Å². The molecule has 43 heavy (non-hydrogen) atoms. The fourth-order valence-corrected chi connectivity index (χ4v) is 7.01. The molecule has 7 nitrogen and oxygen atoms in total. The zero-order valence-electron chi connectivity index (χ0n) is 22.2. The van der Waals surface area contributed by atoms with Crippen molar-refractivity contribution in [2.24, 2.45) is 0 Å². The average Bonchev–Trinajstić information content (AvgIpc) is 3.59. The van der Waals surface area contributed by atoms with Gasteiger partial charge in [0, 0.05) is 20.8 Å². The number of halogens is 2. The highest BCUT2D eigenvalue weighted by Gasteiger charge is 2.48. The number of hydrogen-bond acceptors (Lipinski definition) is 8. The highest BCUT2D eigenvalue weighted by molar-refractivity contribution is 9.10. The lowest BCUT2D eigenvalue weighted by Gasteiger charge is -2.23. The number of aliphatic hydroxyl groups is 1. The number of ether oxygens (including phenoxy) is 1. The van der Waals surface area contributed by atoms with Gasteiger partial charge in [-0.1, -0.05) is 111 Å². The van der Waals surface area contributed by atoms with Crippen molar-refractivity contribution < 1.29 is 19.4 Å². The minimum absolute atomic E-state index is 0.0512. The van der Waals surface area contributed by atoms with Crippen LogP contribution >= 0.6 is 50.6 Å². The van der Waals surface area contributed by atoms with Crippen LogP contribution in [0.4, 0.5) is 5.13 Å². The highest BCUT2D eigenvalue weighted by Crippen LogP contribution is 2.45. The van der Waals surface area contributed by atoms with Crippen molar-refractivity contribution in [1.82, 2.24) is 10.2 Å². The van der Waals surface area contributed by atoms with Crippen molar-refractivity contribution in [2.75, 3.05) is 4.90 Å². The molecule has 1 aliphatic rings. The number of hydrogen-bond donors (Lipinski definition) is 1. The van der Waals surface area contributed by atoms with Gasteiger partial charge in [0.15, 0.2) is 4.34 Å². The van der Waals surface area contributed by atoms with Gasteiger partial charge in [0.05, 0.1) is 11.6 Å². The number of carbonyl (C=O) groups is 2. The summed E-state index contributed by atoms with van der Waals surface area (Å²) in [5, 5.41) is 20.9. The molecule has 214 valence electrons. The van der Waals surface area contributed by atoms with Gasteiger partial charge in [-0.2, -0.15) is 0 Å². The summed E-state index contributed by atoms with van der Waals surface area (Å²) >= 11 is 12.3. The van der Waals surface area contributed by atoms with E-state index in [9.17, 15) is 14.7 Å². The van der Waals surface area contributed by atoms with Gasteiger partial charge in [-0.25, -0.2) is 0 Å². The molecule has 1 unspecified atom stereocenters. The maximum Gasteiger partial charge on any atom is 0.301 e. The van der Waals surface area contributed by atoms with E-state index in [1.165, 1.54) is 28.0 Å². The lowest BCUT2D eigenvalue weighted by atomic mass is 9.95. The Hall–Kier alpha value is -3.96. The monoisotopic (exact) mass is 689 g/mol. The van der Waals surface area contributed by atoms with Gasteiger partial charge in [-0.05, 0) is 53.6 Å². The Balaban J connectivity index is 1.40. The molecule has 1 atom stereocenters. The third kappa shape index (κ3) is 6.23. The summed E-state index contributed by atoms with van der Waals surface area (Å²) in [4.78, 5) is 28.5. The van der Waals surface area contributed by atoms with Crippen molar-refractivity contribution in [3.05, 3.63) is 135 Å². The third-order valence-corrected chi connectivity index (χ3v) is 9.63. The molecule has 1 fully saturated rings. The van der Waals surface area contributed by atoms with Gasteiger partial charge in [-0.3, -0.25) is 14.5 Å². The van der Waals surface area contributed by atoms with Gasteiger partial charge in [0.25, 0.3) is 5.78 Å². The van der Waals surface area contributed by atoms with E-state index in [2.05, 4.69) is 26.1 Å². The summed E-state index contributed by atoms with van der Waals surface area (Å²) in [6.07, 6.45) is 0. The number of aromatic nitrogens is 2. The van der Waals surface area contributed by atoms with E-state index in [4.69, 9.17) is 16.3 Å². The van der Waals surface area contributed by atoms with Crippen LogP contribution in [-0.2, 0) is 15.3 Å². The fourth-order valence-electron chi connectivity index (χ4n) is 4.59. The van der Waals surface area contributed by atoms with E-state index < -0.39 is 17.7 Å². The molecule has 0 radical (unpaired) electrons. The molecule has 0 bridgehead atoms. The first-order chi connectivity index (χ1) is 20.9. The molecule has 1 N–H and O–H groups in total. The molecule has 4 aromatic carbocycles. The maximum absolute atomic E-state index is 13.6. The van der Waals surface area contributed by atoms with Crippen LogP contribution in [0.3, 0.4) is 0 Å². The summed E-state index contributed by atoms with van der Waals surface area (Å²) in [5.41, 5.74) is 1.85. The zero-order chi connectivity index (χ0) is 29.9. The molecule has 1 amide bonds. The van der Waals surface area contributed by atoms with Gasteiger partial charge < -0.3 is 9.84 Å². The molecular weight excluding hydrogens is 670 g/mol. The molecule has 1 aliphatic heterocycles. The van der Waals surface area contributed by atoms with Crippen molar-refractivity contribution in [3.8, 4) is 11.5 Å². The quantitative estimate of drug-likeness (QED) is 0.0573. The second-order valence-corrected chi connectivity index (χ2v) is 12.9. The van der Waals surface area contributed by atoms with E-state index >= 15 is 0 Å². The first-order valence-corrected chi connectivity index (χ1v) is 16.0. The van der Waals surface area contributed by atoms with Crippen LogP contribution in [0.25, 0.3) is 5.76 Å². The van der Waals surface area contributed by atoms with Gasteiger partial charge in [0.1, 0.15) is 17.3 Å². The lowest BCUT2D eigenvalue weighted by Crippen LogP contribution is -2.29. The minimum atomic E-state index is -0.975. The Labute approximate surface area is 268 Å². The number of benzene rings is 4. The molecule has 0 saturated carbocycles. The van der Waals surface area contributed by atoms with E-state index in [0.29, 0.717) is 37.7 Å². The summed E-state index contributed by atoms with van der Waals surface area (Å²) in [6.45, 7) is 0. The summed E-state index contributed by atoms with van der Waals surface area (Å²) in [6, 6.07) is 29.8. The van der Waals surface area contributed by atoms with Gasteiger partial charge in [-0.15, -0.1) is 10.2 Å². The van der Waals surface area contributed by atoms with Crippen molar-refractivity contribution in [3.63, 3.8) is 0 Å². The smallest absolute Gasteiger partial charge is 0.301 e. The Bertz CT molecular complexity index is 1850. The summed E-state index contributed by atoms with van der Waals surface area (Å²) in [7, 11) is 0. The molecule has 0 spiro atoms. The van der Waals surface area contributed by atoms with Crippen LogP contribution in [0.5, 0.6) is 11.5 Å². The molecule has 5 aromatic rings. The highest BCUT2D eigenvalue weighted by atomic mass is 79.9. The first-order valence-electron chi connectivity index (χ1n) is 13.0. The summed E-state index contributed by atoms with van der Waals surface area (Å²) in [5.74, 6) is -0.222. The number of Topliss-reactive ketones (excluding diaryl/α,β-unsaturated/α-hetero) is 1. The molecule has 11 heteroatoms. The van der Waals surface area contributed by atoms with E-state index in [1.807, 2.05) is 54.6 Å². The van der Waals surface area contributed by atoms with E-state index in [1.54, 1.807) is 48.5 Å². The van der Waals surface area contributed by atoms with Crippen LogP contribution in [0.2, 0.25) is 5.02 Å². The number of rotatable bonds is 8. The average molecular weight is 691 g/mol.